The molecular formula is C16H18F3N3O2. The van der Waals surface area contributed by atoms with E-state index in [1.807, 2.05) is 10.8 Å². The predicted molar refractivity (Wildman–Crippen MR) is 81.4 cm³/mol. The number of halogens is 3. The van der Waals surface area contributed by atoms with Crippen LogP contribution in [0.25, 0.3) is 0 Å². The van der Waals surface area contributed by atoms with E-state index in [0.717, 1.165) is 6.07 Å². The minimum atomic E-state index is -4.53. The topological polar surface area (TPSA) is 56.1 Å². The van der Waals surface area contributed by atoms with Gasteiger partial charge in [0.25, 0.3) is 5.91 Å². The van der Waals surface area contributed by atoms with Gasteiger partial charge in [0.2, 0.25) is 0 Å². The van der Waals surface area contributed by atoms with Gasteiger partial charge >= 0.3 is 6.18 Å². The quantitative estimate of drug-likeness (QED) is 0.788. The van der Waals surface area contributed by atoms with Crippen molar-refractivity contribution in [1.29, 1.82) is 0 Å². The molecule has 0 fully saturated rings. The maximum Gasteiger partial charge on any atom is 0.419 e. The molecule has 24 heavy (non-hydrogen) atoms. The van der Waals surface area contributed by atoms with Crippen LogP contribution in [0.4, 0.5) is 13.2 Å². The Morgan fingerprint density at radius 2 is 2.12 bits per heavy atom. The summed E-state index contributed by atoms with van der Waals surface area (Å²) >= 11 is 0. The highest BCUT2D eigenvalue weighted by Gasteiger charge is 2.34. The van der Waals surface area contributed by atoms with Crippen molar-refractivity contribution >= 4 is 5.91 Å². The molecule has 1 aromatic heterocycles. The van der Waals surface area contributed by atoms with Gasteiger partial charge in [0, 0.05) is 25.5 Å². The molecule has 0 unspecified atom stereocenters. The van der Waals surface area contributed by atoms with Crippen LogP contribution in [0.15, 0.2) is 43.0 Å². The van der Waals surface area contributed by atoms with Gasteiger partial charge in [0.1, 0.15) is 5.75 Å². The van der Waals surface area contributed by atoms with Gasteiger partial charge in [-0.2, -0.15) is 13.2 Å². The molecule has 0 aliphatic carbocycles. The molecule has 1 heterocycles. The number of hydrogen-bond acceptors (Lipinski definition) is 3. The van der Waals surface area contributed by atoms with Crippen molar-refractivity contribution in [2.24, 2.45) is 0 Å². The van der Waals surface area contributed by atoms with Gasteiger partial charge in [-0.25, -0.2) is 4.98 Å². The number of ether oxygens (including phenoxy) is 1. The van der Waals surface area contributed by atoms with E-state index in [4.69, 9.17) is 4.74 Å². The van der Waals surface area contributed by atoms with Crippen molar-refractivity contribution in [3.05, 3.63) is 48.5 Å². The standard InChI is InChI=1S/C16H18F3N3O2/c1-12(15(23)21-7-4-9-22-10-8-20-11-22)24-14-6-3-2-5-13(14)16(17,18)19/h2-3,5-6,8,10-12H,4,7,9H2,1H3,(H,21,23)/t12-/m1/s1. The fourth-order valence-electron chi connectivity index (χ4n) is 2.08. The van der Waals surface area contributed by atoms with E-state index >= 15 is 0 Å². The van der Waals surface area contributed by atoms with Crippen molar-refractivity contribution in [1.82, 2.24) is 14.9 Å². The first-order chi connectivity index (χ1) is 11.4. The molecule has 0 radical (unpaired) electrons. The Hall–Kier alpha value is -2.51. The van der Waals surface area contributed by atoms with E-state index in [2.05, 4.69) is 10.3 Å². The minimum absolute atomic E-state index is 0.355. The lowest BCUT2D eigenvalue weighted by molar-refractivity contribution is -0.140. The monoisotopic (exact) mass is 341 g/mol. The highest BCUT2D eigenvalue weighted by molar-refractivity contribution is 5.80. The number of nitrogens with zero attached hydrogens (tertiary/aromatic N) is 2. The molecule has 8 heteroatoms. The Balaban J connectivity index is 1.83. The average Bonchev–Trinajstić information content (AvgIpc) is 3.04. The van der Waals surface area contributed by atoms with Gasteiger partial charge in [-0.1, -0.05) is 12.1 Å². The van der Waals surface area contributed by atoms with Gasteiger partial charge in [-0.05, 0) is 25.5 Å². The SMILES string of the molecule is C[C@@H](Oc1ccccc1C(F)(F)F)C(=O)NCCCn1ccnc1. The van der Waals surface area contributed by atoms with Gasteiger partial charge in [0.05, 0.1) is 11.9 Å². The molecule has 2 aromatic rings. The molecule has 1 N–H and O–H groups in total. The van der Waals surface area contributed by atoms with Crippen LogP contribution in [0.5, 0.6) is 5.75 Å². The lowest BCUT2D eigenvalue weighted by Crippen LogP contribution is -2.37. The van der Waals surface area contributed by atoms with E-state index < -0.39 is 23.8 Å². The highest BCUT2D eigenvalue weighted by atomic mass is 19.4. The summed E-state index contributed by atoms with van der Waals surface area (Å²) in [6, 6.07) is 4.83. The van der Waals surface area contributed by atoms with Crippen molar-refractivity contribution in [2.45, 2.75) is 32.2 Å². The van der Waals surface area contributed by atoms with E-state index in [0.29, 0.717) is 19.5 Å². The summed E-state index contributed by atoms with van der Waals surface area (Å²) in [6.07, 6.45) is 0.253. The van der Waals surface area contributed by atoms with Crippen LogP contribution in [-0.4, -0.2) is 28.1 Å². The first kappa shape index (κ1) is 17.8. The fourth-order valence-corrected chi connectivity index (χ4v) is 2.08. The smallest absolute Gasteiger partial charge is 0.419 e. The maximum absolute atomic E-state index is 12.9. The van der Waals surface area contributed by atoms with Crippen molar-refractivity contribution in [2.75, 3.05) is 6.54 Å². The molecular weight excluding hydrogens is 323 g/mol. The molecule has 0 bridgehead atoms. The van der Waals surface area contributed by atoms with Crippen molar-refractivity contribution < 1.29 is 22.7 Å². The lowest BCUT2D eigenvalue weighted by atomic mass is 10.2. The van der Waals surface area contributed by atoms with E-state index in [9.17, 15) is 18.0 Å². The van der Waals surface area contributed by atoms with Gasteiger partial charge in [-0.3, -0.25) is 4.79 Å². The van der Waals surface area contributed by atoms with Gasteiger partial charge < -0.3 is 14.6 Å². The van der Waals surface area contributed by atoms with Gasteiger partial charge in [-0.15, -0.1) is 0 Å². The second-order valence-corrected chi connectivity index (χ2v) is 5.20. The summed E-state index contributed by atoms with van der Waals surface area (Å²) in [5.41, 5.74) is -0.898. The zero-order chi connectivity index (χ0) is 17.6. The molecule has 0 spiro atoms. The van der Waals surface area contributed by atoms with Crippen LogP contribution in [-0.2, 0) is 17.5 Å². The Bertz CT molecular complexity index is 657. The number of aromatic nitrogens is 2. The van der Waals surface area contributed by atoms with E-state index in [-0.39, 0.29) is 5.75 Å². The summed E-state index contributed by atoms with van der Waals surface area (Å²) in [5, 5.41) is 2.64. The highest BCUT2D eigenvalue weighted by Crippen LogP contribution is 2.36. The largest absolute Gasteiger partial charge is 0.480 e. The first-order valence-corrected chi connectivity index (χ1v) is 7.44. The van der Waals surface area contributed by atoms with Crippen LogP contribution in [0, 0.1) is 0 Å². The maximum atomic E-state index is 12.9. The number of carbonyl (C=O) groups is 1. The number of amides is 1. The van der Waals surface area contributed by atoms with Crippen LogP contribution in [0.3, 0.4) is 0 Å². The van der Waals surface area contributed by atoms with Crippen molar-refractivity contribution in [3.8, 4) is 5.75 Å². The molecule has 1 atom stereocenters. The molecule has 1 amide bonds. The molecule has 5 nitrogen and oxygen atoms in total. The molecule has 2 rings (SSSR count). The number of nitrogens with one attached hydrogen (secondary N) is 1. The third kappa shape index (κ3) is 5.00. The fraction of sp³-hybridized carbons (Fsp3) is 0.375. The molecule has 1 aromatic carbocycles. The number of para-hydroxylation sites is 1. The normalized spacial score (nSPS) is 12.7. The number of imidazole rings is 1. The second-order valence-electron chi connectivity index (χ2n) is 5.20. The van der Waals surface area contributed by atoms with Crippen LogP contribution < -0.4 is 10.1 Å². The molecule has 0 saturated carbocycles. The first-order valence-electron chi connectivity index (χ1n) is 7.44. The second kappa shape index (κ2) is 7.85. The van der Waals surface area contributed by atoms with Crippen molar-refractivity contribution in [3.63, 3.8) is 0 Å². The summed E-state index contributed by atoms with van der Waals surface area (Å²) < 4.78 is 45.7. The zero-order valence-electron chi connectivity index (χ0n) is 13.1. The Kier molecular flexibility index (Phi) is 5.83. The van der Waals surface area contributed by atoms with Crippen LogP contribution in [0.2, 0.25) is 0 Å². The molecule has 130 valence electrons. The van der Waals surface area contributed by atoms with Crippen LogP contribution >= 0.6 is 0 Å². The minimum Gasteiger partial charge on any atom is -0.480 e. The molecule has 0 aliphatic heterocycles. The number of aryl methyl sites for hydroxylation is 1. The molecule has 0 saturated heterocycles. The third-order valence-corrected chi connectivity index (χ3v) is 3.32. The Labute approximate surface area is 137 Å². The van der Waals surface area contributed by atoms with Crippen LogP contribution in [0.1, 0.15) is 18.9 Å². The summed E-state index contributed by atoms with van der Waals surface area (Å²) in [7, 11) is 0. The van der Waals surface area contributed by atoms with E-state index in [1.54, 1.807) is 12.5 Å². The number of hydrogen-bond donors (Lipinski definition) is 1. The number of benzene rings is 1. The zero-order valence-corrected chi connectivity index (χ0v) is 13.1. The number of alkyl halides is 3. The summed E-state index contributed by atoms with van der Waals surface area (Å²) in [5.74, 6) is -0.816. The number of carbonyl (C=O) groups excluding carboxylic acids is 1. The predicted octanol–water partition coefficient (Wildman–Crippen LogP) is 2.88. The van der Waals surface area contributed by atoms with E-state index in [1.165, 1.54) is 25.1 Å². The Morgan fingerprint density at radius 3 is 2.79 bits per heavy atom. The lowest BCUT2D eigenvalue weighted by Gasteiger charge is -2.18. The number of rotatable bonds is 7. The summed E-state index contributed by atoms with van der Waals surface area (Å²) in [6.45, 7) is 2.50. The van der Waals surface area contributed by atoms with Gasteiger partial charge in [0.15, 0.2) is 6.10 Å². The average molecular weight is 341 g/mol. The Morgan fingerprint density at radius 1 is 1.38 bits per heavy atom. The molecule has 0 aliphatic rings. The summed E-state index contributed by atoms with van der Waals surface area (Å²) in [4.78, 5) is 15.8. The third-order valence-electron chi connectivity index (χ3n) is 3.32.